The molecule has 0 saturated heterocycles. The fourth-order valence-corrected chi connectivity index (χ4v) is 1.10. The molecule has 0 aliphatic heterocycles. The van der Waals surface area contributed by atoms with Crippen LogP contribution in [0.5, 0.6) is 0 Å². The summed E-state index contributed by atoms with van der Waals surface area (Å²) < 4.78 is 23.4. The maximum atomic E-state index is 13.1. The van der Waals surface area contributed by atoms with Gasteiger partial charge >= 0.3 is 0 Å². The smallest absolute Gasteiger partial charge is 0.128 e. The molecule has 0 unspecified atom stereocenters. The zero-order valence-electron chi connectivity index (χ0n) is 8.62. The molecule has 0 aliphatic carbocycles. The van der Waals surface area contributed by atoms with Crippen LogP contribution in [0.1, 0.15) is 5.56 Å². The Bertz CT molecular complexity index is 281. The number of nitrogens with two attached hydrogens (primary N) is 1. The molecule has 0 fully saturated rings. The summed E-state index contributed by atoms with van der Waals surface area (Å²) in [5, 5.41) is 0. The summed E-state index contributed by atoms with van der Waals surface area (Å²) in [5.41, 5.74) is 5.80. The quantitative estimate of drug-likeness (QED) is 0.695. The van der Waals surface area contributed by atoms with Gasteiger partial charge in [-0.25, -0.2) is 4.39 Å². The van der Waals surface area contributed by atoms with Crippen LogP contribution in [0.4, 0.5) is 4.39 Å². The molecule has 0 aromatic heterocycles. The van der Waals surface area contributed by atoms with E-state index in [1.807, 2.05) is 0 Å². The van der Waals surface area contributed by atoms with Crippen LogP contribution < -0.4 is 5.73 Å². The molecule has 0 bridgehead atoms. The van der Waals surface area contributed by atoms with Gasteiger partial charge < -0.3 is 15.2 Å². The van der Waals surface area contributed by atoms with Crippen molar-refractivity contribution in [1.82, 2.24) is 0 Å². The Labute approximate surface area is 89.0 Å². The number of rotatable bonds is 7. The Balaban J connectivity index is 2.12. The highest BCUT2D eigenvalue weighted by molar-refractivity contribution is 5.16. The van der Waals surface area contributed by atoms with Gasteiger partial charge in [-0.2, -0.15) is 0 Å². The van der Waals surface area contributed by atoms with Crippen LogP contribution in [0.15, 0.2) is 24.3 Å². The van der Waals surface area contributed by atoms with Gasteiger partial charge in [0.25, 0.3) is 0 Å². The molecule has 1 aromatic rings. The maximum Gasteiger partial charge on any atom is 0.128 e. The molecular weight excluding hydrogens is 197 g/mol. The first kappa shape index (κ1) is 12.1. The molecule has 0 saturated carbocycles. The molecule has 4 heteroatoms. The third-order valence-electron chi connectivity index (χ3n) is 1.85. The van der Waals surface area contributed by atoms with Gasteiger partial charge in [0.2, 0.25) is 0 Å². The summed E-state index contributed by atoms with van der Waals surface area (Å²) in [6.45, 7) is 2.26. The minimum Gasteiger partial charge on any atom is -0.378 e. The molecule has 1 aromatic carbocycles. The van der Waals surface area contributed by atoms with E-state index in [2.05, 4.69) is 0 Å². The minimum atomic E-state index is -0.236. The fraction of sp³-hybridized carbons (Fsp3) is 0.455. The first-order valence-corrected chi connectivity index (χ1v) is 4.93. The van der Waals surface area contributed by atoms with Crippen LogP contribution in [0.2, 0.25) is 0 Å². The molecule has 1 rings (SSSR count). The first-order chi connectivity index (χ1) is 7.34. The van der Waals surface area contributed by atoms with E-state index in [4.69, 9.17) is 15.2 Å². The zero-order chi connectivity index (χ0) is 10.9. The van der Waals surface area contributed by atoms with E-state index in [9.17, 15) is 4.39 Å². The molecule has 2 N–H and O–H groups in total. The van der Waals surface area contributed by atoms with E-state index in [0.717, 1.165) is 0 Å². The Hall–Kier alpha value is -0.970. The topological polar surface area (TPSA) is 44.5 Å². The number of ether oxygens (including phenoxy) is 2. The molecule has 84 valence electrons. The highest BCUT2D eigenvalue weighted by Crippen LogP contribution is 2.07. The SMILES string of the molecule is NCCOCCOCc1ccccc1F. The van der Waals surface area contributed by atoms with Crippen molar-refractivity contribution < 1.29 is 13.9 Å². The number of halogens is 1. The van der Waals surface area contributed by atoms with Gasteiger partial charge in [-0.05, 0) is 6.07 Å². The Morgan fingerprint density at radius 2 is 1.80 bits per heavy atom. The van der Waals surface area contributed by atoms with E-state index in [-0.39, 0.29) is 12.4 Å². The number of hydrogen-bond donors (Lipinski definition) is 1. The van der Waals surface area contributed by atoms with Crippen molar-refractivity contribution in [3.8, 4) is 0 Å². The van der Waals surface area contributed by atoms with Gasteiger partial charge in [-0.1, -0.05) is 18.2 Å². The van der Waals surface area contributed by atoms with Crippen molar-refractivity contribution in [1.29, 1.82) is 0 Å². The van der Waals surface area contributed by atoms with E-state index in [0.29, 0.717) is 31.9 Å². The van der Waals surface area contributed by atoms with Crippen molar-refractivity contribution in [2.24, 2.45) is 5.73 Å². The highest BCUT2D eigenvalue weighted by atomic mass is 19.1. The summed E-state index contributed by atoms with van der Waals surface area (Å²) >= 11 is 0. The van der Waals surface area contributed by atoms with Crippen LogP contribution >= 0.6 is 0 Å². The van der Waals surface area contributed by atoms with Gasteiger partial charge in [0.1, 0.15) is 5.82 Å². The van der Waals surface area contributed by atoms with Gasteiger partial charge in [-0.3, -0.25) is 0 Å². The maximum absolute atomic E-state index is 13.1. The molecule has 3 nitrogen and oxygen atoms in total. The summed E-state index contributed by atoms with van der Waals surface area (Å²) in [6, 6.07) is 6.57. The molecule has 0 aliphatic rings. The molecule has 15 heavy (non-hydrogen) atoms. The Kier molecular flexibility index (Phi) is 5.92. The van der Waals surface area contributed by atoms with Crippen molar-refractivity contribution in [3.05, 3.63) is 35.6 Å². The summed E-state index contributed by atoms with van der Waals surface area (Å²) in [7, 11) is 0. The average Bonchev–Trinajstić information content (AvgIpc) is 2.25. The summed E-state index contributed by atoms with van der Waals surface area (Å²) in [5.74, 6) is -0.236. The Morgan fingerprint density at radius 3 is 2.53 bits per heavy atom. The normalized spacial score (nSPS) is 10.5. The summed E-state index contributed by atoms with van der Waals surface area (Å²) in [6.07, 6.45) is 0. The van der Waals surface area contributed by atoms with E-state index < -0.39 is 0 Å². The molecule has 0 atom stereocenters. The van der Waals surface area contributed by atoms with Crippen LogP contribution in [0, 0.1) is 5.82 Å². The van der Waals surface area contributed by atoms with Crippen molar-refractivity contribution in [2.45, 2.75) is 6.61 Å². The molecular formula is C11H16FNO2. The van der Waals surface area contributed by atoms with E-state index in [1.54, 1.807) is 18.2 Å². The minimum absolute atomic E-state index is 0.236. The average molecular weight is 213 g/mol. The van der Waals surface area contributed by atoms with Crippen LogP contribution in [-0.4, -0.2) is 26.4 Å². The lowest BCUT2D eigenvalue weighted by Gasteiger charge is -2.05. The molecule has 0 spiro atoms. The van der Waals surface area contributed by atoms with Crippen LogP contribution in [0.25, 0.3) is 0 Å². The van der Waals surface area contributed by atoms with Gasteiger partial charge in [0, 0.05) is 12.1 Å². The van der Waals surface area contributed by atoms with Gasteiger partial charge in [-0.15, -0.1) is 0 Å². The van der Waals surface area contributed by atoms with Gasteiger partial charge in [0.15, 0.2) is 0 Å². The fourth-order valence-electron chi connectivity index (χ4n) is 1.10. The number of hydrogen-bond acceptors (Lipinski definition) is 3. The number of benzene rings is 1. The standard InChI is InChI=1S/C11H16FNO2/c12-11-4-2-1-3-10(11)9-15-8-7-14-6-5-13/h1-4H,5-9,13H2. The highest BCUT2D eigenvalue weighted by Gasteiger charge is 1.99. The predicted octanol–water partition coefficient (Wildman–Crippen LogP) is 1.32. The predicted molar refractivity (Wildman–Crippen MR) is 55.9 cm³/mol. The lowest BCUT2D eigenvalue weighted by Crippen LogP contribution is -2.12. The lowest BCUT2D eigenvalue weighted by molar-refractivity contribution is 0.0424. The molecule has 0 radical (unpaired) electrons. The van der Waals surface area contributed by atoms with Crippen LogP contribution in [0.3, 0.4) is 0 Å². The van der Waals surface area contributed by atoms with Gasteiger partial charge in [0.05, 0.1) is 26.4 Å². The second-order valence-corrected chi connectivity index (χ2v) is 3.05. The van der Waals surface area contributed by atoms with E-state index >= 15 is 0 Å². The second-order valence-electron chi connectivity index (χ2n) is 3.05. The zero-order valence-corrected chi connectivity index (χ0v) is 8.62. The van der Waals surface area contributed by atoms with Crippen molar-refractivity contribution in [2.75, 3.05) is 26.4 Å². The van der Waals surface area contributed by atoms with Crippen molar-refractivity contribution in [3.63, 3.8) is 0 Å². The second kappa shape index (κ2) is 7.34. The first-order valence-electron chi connectivity index (χ1n) is 4.93. The molecule has 0 amide bonds. The third-order valence-corrected chi connectivity index (χ3v) is 1.85. The molecule has 0 heterocycles. The van der Waals surface area contributed by atoms with Crippen LogP contribution in [-0.2, 0) is 16.1 Å². The largest absolute Gasteiger partial charge is 0.378 e. The van der Waals surface area contributed by atoms with E-state index in [1.165, 1.54) is 6.07 Å². The van der Waals surface area contributed by atoms with Crippen molar-refractivity contribution >= 4 is 0 Å². The Morgan fingerprint density at radius 1 is 1.07 bits per heavy atom. The summed E-state index contributed by atoms with van der Waals surface area (Å²) in [4.78, 5) is 0. The lowest BCUT2D eigenvalue weighted by atomic mass is 10.2. The third kappa shape index (κ3) is 4.88. The monoisotopic (exact) mass is 213 g/mol.